The van der Waals surface area contributed by atoms with Gasteiger partial charge in [0.2, 0.25) is 10.0 Å². The average Bonchev–Trinajstić information content (AvgIpc) is 2.49. The molecule has 2 aromatic rings. The first-order valence-electron chi connectivity index (χ1n) is 6.41. The molecule has 0 saturated carbocycles. The van der Waals surface area contributed by atoms with Gasteiger partial charge in [-0.15, -0.1) is 0 Å². The number of aliphatic carboxylic acids is 1. The van der Waals surface area contributed by atoms with Gasteiger partial charge in [0.1, 0.15) is 0 Å². The van der Waals surface area contributed by atoms with Gasteiger partial charge in [0.25, 0.3) is 0 Å². The molecule has 1 atom stereocenters. The lowest BCUT2D eigenvalue weighted by molar-refractivity contribution is -0.307. The molecule has 2 aromatic carbocycles. The third kappa shape index (κ3) is 4.30. The van der Waals surface area contributed by atoms with Crippen LogP contribution in [0.25, 0.3) is 0 Å². The zero-order valence-corrected chi connectivity index (χ0v) is 13.0. The molecule has 0 aliphatic carbocycles. The van der Waals surface area contributed by atoms with Crippen molar-refractivity contribution in [3.05, 3.63) is 65.2 Å². The average molecular weight is 339 g/mol. The molecule has 5 nitrogen and oxygen atoms in total. The molecule has 1 unspecified atom stereocenters. The highest BCUT2D eigenvalue weighted by Gasteiger charge is 2.21. The Labute approximate surface area is 133 Å². The first kappa shape index (κ1) is 16.5. The van der Waals surface area contributed by atoms with E-state index >= 15 is 0 Å². The van der Waals surface area contributed by atoms with E-state index in [1.165, 1.54) is 12.1 Å². The zero-order valence-electron chi connectivity index (χ0n) is 11.4. The molecule has 0 aromatic heterocycles. The van der Waals surface area contributed by atoms with Crippen molar-refractivity contribution < 1.29 is 18.3 Å². The van der Waals surface area contributed by atoms with Crippen molar-refractivity contribution in [2.24, 2.45) is 0 Å². The van der Waals surface area contributed by atoms with E-state index in [1.807, 2.05) is 0 Å². The number of benzene rings is 2. The zero-order chi connectivity index (χ0) is 16.2. The van der Waals surface area contributed by atoms with Gasteiger partial charge in [-0.05, 0) is 36.2 Å². The van der Waals surface area contributed by atoms with Crippen LogP contribution < -0.4 is 9.83 Å². The fourth-order valence-electron chi connectivity index (χ4n) is 1.88. The third-order valence-electron chi connectivity index (χ3n) is 2.99. The summed E-state index contributed by atoms with van der Waals surface area (Å²) < 4.78 is 26.5. The Morgan fingerprint density at radius 2 is 1.68 bits per heavy atom. The van der Waals surface area contributed by atoms with Gasteiger partial charge in [-0.2, -0.15) is 0 Å². The Bertz CT molecular complexity index is 745. The molecular formula is C15H13ClNO4S-. The van der Waals surface area contributed by atoms with Crippen LogP contribution in [0.5, 0.6) is 0 Å². The predicted octanol–water partition coefficient (Wildman–Crippen LogP) is 0.979. The molecule has 7 heteroatoms. The maximum atomic E-state index is 12.2. The summed E-state index contributed by atoms with van der Waals surface area (Å²) in [7, 11) is -3.93. The monoisotopic (exact) mass is 338 g/mol. The van der Waals surface area contributed by atoms with Crippen LogP contribution in [0.15, 0.2) is 59.5 Å². The molecular weight excluding hydrogens is 326 g/mol. The van der Waals surface area contributed by atoms with Crippen LogP contribution in [0.3, 0.4) is 0 Å². The Kier molecular flexibility index (Phi) is 5.18. The molecule has 0 bridgehead atoms. The maximum absolute atomic E-state index is 12.2. The van der Waals surface area contributed by atoms with Gasteiger partial charge in [-0.1, -0.05) is 41.9 Å². The van der Waals surface area contributed by atoms with Crippen molar-refractivity contribution in [1.82, 2.24) is 4.72 Å². The molecule has 22 heavy (non-hydrogen) atoms. The Morgan fingerprint density at radius 3 is 2.23 bits per heavy atom. The Hall–Kier alpha value is -1.89. The number of hydrogen-bond donors (Lipinski definition) is 1. The van der Waals surface area contributed by atoms with Gasteiger partial charge in [0.15, 0.2) is 0 Å². The van der Waals surface area contributed by atoms with Crippen LogP contribution >= 0.6 is 11.6 Å². The van der Waals surface area contributed by atoms with E-state index < -0.39 is 22.0 Å². The number of nitrogens with one attached hydrogen (secondary N) is 1. The molecule has 0 heterocycles. The van der Waals surface area contributed by atoms with Gasteiger partial charge in [0.05, 0.1) is 16.9 Å². The number of carbonyl (C=O) groups excluding carboxylic acids is 1. The fraction of sp³-hybridized carbons (Fsp3) is 0.133. The van der Waals surface area contributed by atoms with Crippen LogP contribution in [-0.4, -0.2) is 20.4 Å². The fourth-order valence-corrected chi connectivity index (χ4v) is 3.22. The summed E-state index contributed by atoms with van der Waals surface area (Å²) >= 11 is 5.76. The summed E-state index contributed by atoms with van der Waals surface area (Å²) in [6, 6.07) is 12.7. The number of carbonyl (C=O) groups is 1. The van der Waals surface area contributed by atoms with E-state index in [4.69, 9.17) is 11.6 Å². The highest BCUT2D eigenvalue weighted by atomic mass is 35.5. The molecule has 1 N–H and O–H groups in total. The third-order valence-corrected chi connectivity index (χ3v) is 4.73. The molecule has 0 fully saturated rings. The summed E-state index contributed by atoms with van der Waals surface area (Å²) in [5.41, 5.74) is 0.634. The summed E-state index contributed by atoms with van der Waals surface area (Å²) in [6.45, 7) is 0. The van der Waals surface area contributed by atoms with E-state index in [-0.39, 0.29) is 11.3 Å². The van der Waals surface area contributed by atoms with Crippen LogP contribution in [0.2, 0.25) is 5.02 Å². The Morgan fingerprint density at radius 1 is 1.09 bits per heavy atom. The molecule has 116 valence electrons. The largest absolute Gasteiger partial charge is 0.548 e. The summed E-state index contributed by atoms with van der Waals surface area (Å²) in [6.07, 6.45) is -0.0361. The van der Waals surface area contributed by atoms with Gasteiger partial charge in [-0.3, -0.25) is 0 Å². The SMILES string of the molecule is O=C([O-])C(Cc1ccc(Cl)cc1)NS(=O)(=O)c1ccccc1. The molecule has 0 aliphatic heterocycles. The standard InChI is InChI=1S/C15H14ClNO4S/c16-12-8-6-11(7-9-12)10-14(15(18)19)17-22(20,21)13-4-2-1-3-5-13/h1-9,14,17H,10H2,(H,18,19)/p-1. The molecule has 0 radical (unpaired) electrons. The maximum Gasteiger partial charge on any atom is 0.241 e. The second-order valence-electron chi connectivity index (χ2n) is 4.64. The second-order valence-corrected chi connectivity index (χ2v) is 6.79. The smallest absolute Gasteiger partial charge is 0.241 e. The van der Waals surface area contributed by atoms with Crippen molar-refractivity contribution in [3.8, 4) is 0 Å². The van der Waals surface area contributed by atoms with E-state index in [9.17, 15) is 18.3 Å². The summed E-state index contributed by atoms with van der Waals surface area (Å²) in [5.74, 6) is -1.49. The normalized spacial score (nSPS) is 12.8. The van der Waals surface area contributed by atoms with Crippen LogP contribution in [0.4, 0.5) is 0 Å². The van der Waals surface area contributed by atoms with E-state index in [0.29, 0.717) is 10.6 Å². The molecule has 2 rings (SSSR count). The van der Waals surface area contributed by atoms with Gasteiger partial charge in [-0.25, -0.2) is 13.1 Å². The number of hydrogen-bond acceptors (Lipinski definition) is 4. The quantitative estimate of drug-likeness (QED) is 0.850. The lowest BCUT2D eigenvalue weighted by Gasteiger charge is -2.20. The highest BCUT2D eigenvalue weighted by Crippen LogP contribution is 2.13. The number of rotatable bonds is 6. The van der Waals surface area contributed by atoms with Gasteiger partial charge >= 0.3 is 0 Å². The number of carboxylic acid groups (broad SMARTS) is 1. The number of halogens is 1. The minimum atomic E-state index is -3.93. The van der Waals surface area contributed by atoms with Crippen molar-refractivity contribution in [2.45, 2.75) is 17.4 Å². The number of carboxylic acids is 1. The van der Waals surface area contributed by atoms with Crippen LogP contribution in [-0.2, 0) is 21.2 Å². The van der Waals surface area contributed by atoms with Crippen molar-refractivity contribution in [2.75, 3.05) is 0 Å². The molecule has 0 spiro atoms. The molecule has 0 aliphatic rings. The second kappa shape index (κ2) is 6.91. The topological polar surface area (TPSA) is 86.3 Å². The first-order valence-corrected chi connectivity index (χ1v) is 8.27. The van der Waals surface area contributed by atoms with Crippen LogP contribution in [0.1, 0.15) is 5.56 Å². The van der Waals surface area contributed by atoms with Gasteiger partial charge in [0, 0.05) is 5.02 Å². The van der Waals surface area contributed by atoms with Crippen LogP contribution in [0, 0.1) is 0 Å². The van der Waals surface area contributed by atoms with Gasteiger partial charge < -0.3 is 9.90 Å². The van der Waals surface area contributed by atoms with E-state index in [2.05, 4.69) is 4.72 Å². The highest BCUT2D eigenvalue weighted by molar-refractivity contribution is 7.89. The predicted molar refractivity (Wildman–Crippen MR) is 80.7 cm³/mol. The molecule has 0 saturated heterocycles. The number of sulfonamides is 1. The lowest BCUT2D eigenvalue weighted by atomic mass is 10.1. The lowest BCUT2D eigenvalue weighted by Crippen LogP contribution is -2.49. The first-order chi connectivity index (χ1) is 10.4. The summed E-state index contributed by atoms with van der Waals surface area (Å²) in [5, 5.41) is 11.7. The minimum absolute atomic E-state index is 0.00245. The van der Waals surface area contributed by atoms with Crippen molar-refractivity contribution in [1.29, 1.82) is 0 Å². The molecule has 0 amide bonds. The Balaban J connectivity index is 2.19. The summed E-state index contributed by atoms with van der Waals surface area (Å²) in [4.78, 5) is 11.2. The van der Waals surface area contributed by atoms with Crippen molar-refractivity contribution >= 4 is 27.6 Å². The van der Waals surface area contributed by atoms with Crippen molar-refractivity contribution in [3.63, 3.8) is 0 Å². The minimum Gasteiger partial charge on any atom is -0.548 e. The van der Waals surface area contributed by atoms with E-state index in [1.54, 1.807) is 42.5 Å². The van der Waals surface area contributed by atoms with E-state index in [0.717, 1.165) is 0 Å².